The molecule has 1 N–H and O–H groups in total. The lowest BCUT2D eigenvalue weighted by atomic mass is 10.0. The summed E-state index contributed by atoms with van der Waals surface area (Å²) < 4.78 is 6.14. The second-order valence-corrected chi connectivity index (χ2v) is 7.75. The van der Waals surface area contributed by atoms with Crippen molar-refractivity contribution in [2.75, 3.05) is 11.9 Å². The lowest BCUT2D eigenvalue weighted by molar-refractivity contribution is -0.118. The Morgan fingerprint density at radius 1 is 1.10 bits per heavy atom. The number of hydrogen-bond acceptors (Lipinski definition) is 4. The highest BCUT2D eigenvalue weighted by molar-refractivity contribution is 9.10. The molecular formula is C23H16BrClN2O3. The first kappa shape index (κ1) is 21.6. The van der Waals surface area contributed by atoms with Crippen molar-refractivity contribution in [3.05, 3.63) is 92.4 Å². The molecule has 0 fully saturated rings. The number of rotatable bonds is 6. The lowest BCUT2D eigenvalue weighted by Gasteiger charge is -2.09. The molecule has 0 unspecified atom stereocenters. The van der Waals surface area contributed by atoms with E-state index in [1.807, 2.05) is 6.92 Å². The Hall–Kier alpha value is -3.14. The monoisotopic (exact) mass is 482 g/mol. The number of amides is 1. The molecule has 0 aliphatic rings. The van der Waals surface area contributed by atoms with Crippen molar-refractivity contribution in [2.24, 2.45) is 0 Å². The Kier molecular flexibility index (Phi) is 6.88. The number of nitrogens with zero attached hydrogens (tertiary/aromatic N) is 1. The van der Waals surface area contributed by atoms with E-state index in [1.54, 1.807) is 60.7 Å². The number of aryl methyl sites for hydroxylation is 1. The Bertz CT molecular complexity index is 1150. The molecule has 0 aromatic heterocycles. The van der Waals surface area contributed by atoms with E-state index in [0.717, 1.165) is 5.56 Å². The molecule has 150 valence electrons. The minimum atomic E-state index is -0.356. The second-order valence-electron chi connectivity index (χ2n) is 6.46. The molecule has 0 spiro atoms. The van der Waals surface area contributed by atoms with Gasteiger partial charge in [0.2, 0.25) is 0 Å². The van der Waals surface area contributed by atoms with Crippen molar-refractivity contribution in [3.8, 4) is 11.8 Å². The molecule has 0 saturated carbocycles. The summed E-state index contributed by atoms with van der Waals surface area (Å²) >= 11 is 9.34. The van der Waals surface area contributed by atoms with Crippen molar-refractivity contribution in [2.45, 2.75) is 6.92 Å². The third-order valence-corrected chi connectivity index (χ3v) is 5.23. The standard InChI is InChI=1S/C23H16BrClN2O3/c1-14-2-6-18(10-16(14)12-26)27-22(28)13-30-19-7-3-15(4-8-19)23(29)20-11-17(25)5-9-21(20)24/h2-11H,13H2,1H3,(H,27,28). The fourth-order valence-electron chi connectivity index (χ4n) is 2.70. The molecule has 5 nitrogen and oxygen atoms in total. The number of ether oxygens (including phenoxy) is 1. The number of benzene rings is 3. The first-order valence-electron chi connectivity index (χ1n) is 8.90. The van der Waals surface area contributed by atoms with Crippen LogP contribution in [0.2, 0.25) is 5.02 Å². The molecule has 3 aromatic carbocycles. The van der Waals surface area contributed by atoms with Gasteiger partial charge in [-0.2, -0.15) is 5.26 Å². The highest BCUT2D eigenvalue weighted by Crippen LogP contribution is 2.24. The summed E-state index contributed by atoms with van der Waals surface area (Å²) in [5, 5.41) is 12.2. The van der Waals surface area contributed by atoms with Gasteiger partial charge < -0.3 is 10.1 Å². The number of nitrogens with one attached hydrogen (secondary N) is 1. The van der Waals surface area contributed by atoms with E-state index in [0.29, 0.717) is 37.6 Å². The van der Waals surface area contributed by atoms with E-state index < -0.39 is 0 Å². The van der Waals surface area contributed by atoms with Gasteiger partial charge >= 0.3 is 0 Å². The molecule has 7 heteroatoms. The Morgan fingerprint density at radius 3 is 2.53 bits per heavy atom. The van der Waals surface area contributed by atoms with E-state index in [9.17, 15) is 9.59 Å². The molecule has 0 atom stereocenters. The molecule has 0 aliphatic heterocycles. The third kappa shape index (κ3) is 5.26. The summed E-state index contributed by atoms with van der Waals surface area (Å²) in [6, 6.07) is 18.7. The van der Waals surface area contributed by atoms with Gasteiger partial charge in [0, 0.05) is 26.3 Å². The van der Waals surface area contributed by atoms with Crippen LogP contribution in [0.5, 0.6) is 5.75 Å². The fraction of sp³-hybridized carbons (Fsp3) is 0.0870. The van der Waals surface area contributed by atoms with Crippen LogP contribution >= 0.6 is 27.5 Å². The highest BCUT2D eigenvalue weighted by atomic mass is 79.9. The first-order chi connectivity index (χ1) is 14.4. The van der Waals surface area contributed by atoms with Crippen molar-refractivity contribution in [1.82, 2.24) is 0 Å². The SMILES string of the molecule is Cc1ccc(NC(=O)COc2ccc(C(=O)c3cc(Cl)ccc3Br)cc2)cc1C#N. The quantitative estimate of drug-likeness (QED) is 0.468. The van der Waals surface area contributed by atoms with Crippen LogP contribution in [0.15, 0.2) is 65.1 Å². The number of ketones is 1. The predicted molar refractivity (Wildman–Crippen MR) is 119 cm³/mol. The van der Waals surface area contributed by atoms with Gasteiger partial charge in [-0.1, -0.05) is 33.6 Å². The van der Waals surface area contributed by atoms with Crippen LogP contribution in [-0.2, 0) is 4.79 Å². The molecule has 3 aromatic rings. The summed E-state index contributed by atoms with van der Waals surface area (Å²) in [6.45, 7) is 1.62. The van der Waals surface area contributed by atoms with Gasteiger partial charge in [-0.15, -0.1) is 0 Å². The molecular weight excluding hydrogens is 468 g/mol. The van der Waals surface area contributed by atoms with Crippen molar-refractivity contribution in [3.63, 3.8) is 0 Å². The van der Waals surface area contributed by atoms with E-state index in [1.165, 1.54) is 0 Å². The molecule has 30 heavy (non-hydrogen) atoms. The number of anilines is 1. The number of nitriles is 1. The molecule has 1 amide bonds. The maximum absolute atomic E-state index is 12.7. The maximum Gasteiger partial charge on any atom is 0.262 e. The van der Waals surface area contributed by atoms with E-state index >= 15 is 0 Å². The molecule has 0 radical (unpaired) electrons. The predicted octanol–water partition coefficient (Wildman–Crippen LogP) is 5.53. The minimum absolute atomic E-state index is 0.179. The molecule has 3 rings (SSSR count). The van der Waals surface area contributed by atoms with Gasteiger partial charge in [-0.3, -0.25) is 9.59 Å². The molecule has 0 saturated heterocycles. The van der Waals surface area contributed by atoms with Gasteiger partial charge in [0.05, 0.1) is 11.6 Å². The minimum Gasteiger partial charge on any atom is -0.484 e. The number of carbonyl (C=O) groups excluding carboxylic acids is 2. The molecule has 0 aliphatic carbocycles. The smallest absolute Gasteiger partial charge is 0.262 e. The van der Waals surface area contributed by atoms with Crippen LogP contribution in [0.1, 0.15) is 27.0 Å². The average Bonchev–Trinajstić information content (AvgIpc) is 2.75. The topological polar surface area (TPSA) is 79.2 Å². The van der Waals surface area contributed by atoms with Crippen LogP contribution in [0.25, 0.3) is 0 Å². The van der Waals surface area contributed by atoms with Gasteiger partial charge in [0.15, 0.2) is 12.4 Å². The van der Waals surface area contributed by atoms with E-state index in [2.05, 4.69) is 27.3 Å². The van der Waals surface area contributed by atoms with Gasteiger partial charge in [0.25, 0.3) is 5.91 Å². The molecule has 0 heterocycles. The first-order valence-corrected chi connectivity index (χ1v) is 10.1. The Morgan fingerprint density at radius 2 is 1.83 bits per heavy atom. The molecule has 0 bridgehead atoms. The highest BCUT2D eigenvalue weighted by Gasteiger charge is 2.13. The normalized spacial score (nSPS) is 10.2. The van der Waals surface area contributed by atoms with Crippen molar-refractivity contribution >= 4 is 44.9 Å². The van der Waals surface area contributed by atoms with Crippen molar-refractivity contribution in [1.29, 1.82) is 5.26 Å². The van der Waals surface area contributed by atoms with Crippen LogP contribution in [-0.4, -0.2) is 18.3 Å². The number of carbonyl (C=O) groups is 2. The summed E-state index contributed by atoms with van der Waals surface area (Å²) in [5.74, 6) is -0.0828. The summed E-state index contributed by atoms with van der Waals surface area (Å²) in [5.41, 5.74) is 2.80. The van der Waals surface area contributed by atoms with E-state index in [4.69, 9.17) is 21.6 Å². The Labute approximate surface area is 187 Å². The fourth-order valence-corrected chi connectivity index (χ4v) is 3.29. The zero-order valence-electron chi connectivity index (χ0n) is 15.9. The van der Waals surface area contributed by atoms with Gasteiger partial charge in [-0.05, 0) is 67.1 Å². The Balaban J connectivity index is 1.60. The zero-order valence-corrected chi connectivity index (χ0v) is 18.3. The summed E-state index contributed by atoms with van der Waals surface area (Å²) in [4.78, 5) is 24.8. The van der Waals surface area contributed by atoms with Crippen LogP contribution in [0.3, 0.4) is 0 Å². The lowest BCUT2D eigenvalue weighted by Crippen LogP contribution is -2.20. The van der Waals surface area contributed by atoms with Crippen LogP contribution in [0.4, 0.5) is 5.69 Å². The second kappa shape index (κ2) is 9.57. The summed E-state index contributed by atoms with van der Waals surface area (Å²) in [6.07, 6.45) is 0. The van der Waals surface area contributed by atoms with E-state index in [-0.39, 0.29) is 18.3 Å². The van der Waals surface area contributed by atoms with Gasteiger partial charge in [0.1, 0.15) is 5.75 Å². The van der Waals surface area contributed by atoms with Crippen LogP contribution < -0.4 is 10.1 Å². The summed E-state index contributed by atoms with van der Waals surface area (Å²) in [7, 11) is 0. The maximum atomic E-state index is 12.7. The van der Waals surface area contributed by atoms with Gasteiger partial charge in [-0.25, -0.2) is 0 Å². The van der Waals surface area contributed by atoms with Crippen molar-refractivity contribution < 1.29 is 14.3 Å². The largest absolute Gasteiger partial charge is 0.484 e. The zero-order chi connectivity index (χ0) is 21.7. The number of halogens is 2. The number of hydrogen-bond donors (Lipinski definition) is 1. The van der Waals surface area contributed by atoms with Crippen LogP contribution in [0, 0.1) is 18.3 Å². The third-order valence-electron chi connectivity index (χ3n) is 4.30. The average molecular weight is 484 g/mol.